The standard InChI is InChI=1S/C14H16N2OS/c1-3-13(17)11-4-6-12(7-5-11)18-14-15-8-10(2)9-16-14/h4-9,13,17H,3H2,1-2H3. The van der Waals surface area contributed by atoms with Crippen LogP contribution in [0.5, 0.6) is 0 Å². The molecule has 0 fully saturated rings. The van der Waals surface area contributed by atoms with Gasteiger partial charge in [0.15, 0.2) is 5.16 Å². The van der Waals surface area contributed by atoms with Gasteiger partial charge in [-0.05, 0) is 48.4 Å². The highest BCUT2D eigenvalue weighted by molar-refractivity contribution is 7.99. The number of rotatable bonds is 4. The minimum absolute atomic E-state index is 0.375. The van der Waals surface area contributed by atoms with Crippen LogP contribution in [0, 0.1) is 6.92 Å². The average Bonchev–Trinajstić information content (AvgIpc) is 2.41. The number of hydrogen-bond donors (Lipinski definition) is 1. The van der Waals surface area contributed by atoms with Gasteiger partial charge in [-0.3, -0.25) is 0 Å². The van der Waals surface area contributed by atoms with Crippen molar-refractivity contribution in [1.82, 2.24) is 9.97 Å². The van der Waals surface area contributed by atoms with Crippen LogP contribution in [0.3, 0.4) is 0 Å². The molecule has 0 aliphatic carbocycles. The first-order chi connectivity index (χ1) is 8.69. The Labute approximate surface area is 111 Å². The molecule has 0 saturated carbocycles. The van der Waals surface area contributed by atoms with E-state index in [1.54, 1.807) is 0 Å². The number of aryl methyl sites for hydroxylation is 1. The highest BCUT2D eigenvalue weighted by Gasteiger charge is 2.05. The van der Waals surface area contributed by atoms with Crippen LogP contribution >= 0.6 is 11.8 Å². The molecule has 18 heavy (non-hydrogen) atoms. The topological polar surface area (TPSA) is 46.0 Å². The zero-order valence-electron chi connectivity index (χ0n) is 10.5. The lowest BCUT2D eigenvalue weighted by Crippen LogP contribution is -1.94. The fraction of sp³-hybridized carbons (Fsp3) is 0.286. The van der Waals surface area contributed by atoms with Gasteiger partial charge in [-0.2, -0.15) is 0 Å². The molecule has 1 aromatic carbocycles. The van der Waals surface area contributed by atoms with Gasteiger partial charge in [0.1, 0.15) is 0 Å². The lowest BCUT2D eigenvalue weighted by Gasteiger charge is -2.08. The molecule has 4 heteroatoms. The van der Waals surface area contributed by atoms with Crippen molar-refractivity contribution >= 4 is 11.8 Å². The third-order valence-corrected chi connectivity index (χ3v) is 3.52. The van der Waals surface area contributed by atoms with Crippen molar-refractivity contribution in [2.24, 2.45) is 0 Å². The van der Waals surface area contributed by atoms with Crippen LogP contribution in [0.25, 0.3) is 0 Å². The van der Waals surface area contributed by atoms with Crippen LogP contribution in [-0.4, -0.2) is 15.1 Å². The molecule has 2 aromatic rings. The highest BCUT2D eigenvalue weighted by Crippen LogP contribution is 2.26. The first-order valence-electron chi connectivity index (χ1n) is 5.93. The molecule has 3 nitrogen and oxygen atoms in total. The van der Waals surface area contributed by atoms with E-state index in [1.807, 2.05) is 50.5 Å². The van der Waals surface area contributed by atoms with Crippen molar-refractivity contribution in [1.29, 1.82) is 0 Å². The van der Waals surface area contributed by atoms with E-state index in [2.05, 4.69) is 9.97 Å². The first-order valence-corrected chi connectivity index (χ1v) is 6.75. The van der Waals surface area contributed by atoms with E-state index >= 15 is 0 Å². The summed E-state index contributed by atoms with van der Waals surface area (Å²) in [6, 6.07) is 7.87. The smallest absolute Gasteiger partial charge is 0.192 e. The van der Waals surface area contributed by atoms with E-state index in [0.717, 1.165) is 27.6 Å². The summed E-state index contributed by atoms with van der Waals surface area (Å²) in [6.07, 6.45) is 3.97. The Bertz CT molecular complexity index is 496. The number of aromatic nitrogens is 2. The fourth-order valence-corrected chi connectivity index (χ4v) is 2.23. The number of hydrogen-bond acceptors (Lipinski definition) is 4. The van der Waals surface area contributed by atoms with E-state index in [-0.39, 0.29) is 6.10 Å². The number of aliphatic hydroxyl groups excluding tert-OH is 1. The van der Waals surface area contributed by atoms with E-state index in [9.17, 15) is 5.11 Å². The van der Waals surface area contributed by atoms with Crippen molar-refractivity contribution in [2.75, 3.05) is 0 Å². The first kappa shape index (κ1) is 13.1. The molecule has 1 N–H and O–H groups in total. The predicted octanol–water partition coefficient (Wildman–Crippen LogP) is 3.38. The third-order valence-electron chi connectivity index (χ3n) is 2.62. The van der Waals surface area contributed by atoms with Gasteiger partial charge in [0.05, 0.1) is 6.10 Å². The molecule has 94 valence electrons. The molecular formula is C14H16N2OS. The molecule has 0 radical (unpaired) electrons. The molecular weight excluding hydrogens is 244 g/mol. The molecule has 0 aliphatic rings. The van der Waals surface area contributed by atoms with Crippen LogP contribution < -0.4 is 0 Å². The second kappa shape index (κ2) is 5.98. The molecule has 1 aromatic heterocycles. The van der Waals surface area contributed by atoms with Gasteiger partial charge < -0.3 is 5.11 Å². The molecule has 0 amide bonds. The fourth-order valence-electron chi connectivity index (χ4n) is 1.53. The van der Waals surface area contributed by atoms with E-state index in [1.165, 1.54) is 11.8 Å². The predicted molar refractivity (Wildman–Crippen MR) is 72.6 cm³/mol. The van der Waals surface area contributed by atoms with Crippen LogP contribution in [-0.2, 0) is 0 Å². The Morgan fingerprint density at radius 2 is 1.78 bits per heavy atom. The molecule has 1 heterocycles. The zero-order valence-corrected chi connectivity index (χ0v) is 11.3. The van der Waals surface area contributed by atoms with Crippen LogP contribution in [0.2, 0.25) is 0 Å². The number of aliphatic hydroxyl groups is 1. The van der Waals surface area contributed by atoms with Crippen LogP contribution in [0.1, 0.15) is 30.6 Å². The summed E-state index contributed by atoms with van der Waals surface area (Å²) >= 11 is 1.52. The molecule has 0 saturated heterocycles. The Morgan fingerprint density at radius 1 is 1.17 bits per heavy atom. The molecule has 2 rings (SSSR count). The Balaban J connectivity index is 2.08. The Hall–Kier alpha value is -1.39. The maximum Gasteiger partial charge on any atom is 0.192 e. The van der Waals surface area contributed by atoms with Crippen molar-refractivity contribution < 1.29 is 5.11 Å². The van der Waals surface area contributed by atoms with Gasteiger partial charge in [0, 0.05) is 17.3 Å². The van der Waals surface area contributed by atoms with Crippen molar-refractivity contribution in [3.8, 4) is 0 Å². The van der Waals surface area contributed by atoms with Gasteiger partial charge >= 0.3 is 0 Å². The molecule has 0 spiro atoms. The maximum atomic E-state index is 9.71. The minimum Gasteiger partial charge on any atom is -0.388 e. The Kier molecular flexibility index (Phi) is 4.33. The lowest BCUT2D eigenvalue weighted by molar-refractivity contribution is 0.173. The molecule has 0 aliphatic heterocycles. The van der Waals surface area contributed by atoms with Crippen molar-refractivity contribution in [3.05, 3.63) is 47.8 Å². The molecule has 1 unspecified atom stereocenters. The monoisotopic (exact) mass is 260 g/mol. The lowest BCUT2D eigenvalue weighted by atomic mass is 10.1. The number of benzene rings is 1. The second-order valence-electron chi connectivity index (χ2n) is 4.14. The van der Waals surface area contributed by atoms with E-state index in [4.69, 9.17) is 0 Å². The second-order valence-corrected chi connectivity index (χ2v) is 5.18. The van der Waals surface area contributed by atoms with E-state index < -0.39 is 0 Å². The summed E-state index contributed by atoms with van der Waals surface area (Å²) < 4.78 is 0. The Morgan fingerprint density at radius 3 is 2.33 bits per heavy atom. The molecule has 0 bridgehead atoms. The SMILES string of the molecule is CCC(O)c1ccc(Sc2ncc(C)cn2)cc1. The summed E-state index contributed by atoms with van der Waals surface area (Å²) in [5, 5.41) is 10.4. The van der Waals surface area contributed by atoms with Gasteiger partial charge in [0.25, 0.3) is 0 Å². The summed E-state index contributed by atoms with van der Waals surface area (Å²) in [7, 11) is 0. The zero-order chi connectivity index (χ0) is 13.0. The normalized spacial score (nSPS) is 12.4. The van der Waals surface area contributed by atoms with Gasteiger partial charge in [-0.15, -0.1) is 0 Å². The maximum absolute atomic E-state index is 9.71. The quantitative estimate of drug-likeness (QED) is 0.856. The molecule has 1 atom stereocenters. The minimum atomic E-state index is -0.375. The van der Waals surface area contributed by atoms with Crippen LogP contribution in [0.4, 0.5) is 0 Å². The van der Waals surface area contributed by atoms with Crippen molar-refractivity contribution in [2.45, 2.75) is 36.4 Å². The van der Waals surface area contributed by atoms with Crippen molar-refractivity contribution in [3.63, 3.8) is 0 Å². The summed E-state index contributed by atoms with van der Waals surface area (Å²) in [4.78, 5) is 9.57. The van der Waals surface area contributed by atoms with Gasteiger partial charge in [0.2, 0.25) is 0 Å². The highest BCUT2D eigenvalue weighted by atomic mass is 32.2. The van der Waals surface area contributed by atoms with Gasteiger partial charge in [-0.1, -0.05) is 19.1 Å². The van der Waals surface area contributed by atoms with Crippen LogP contribution in [0.15, 0.2) is 46.7 Å². The van der Waals surface area contributed by atoms with Gasteiger partial charge in [-0.25, -0.2) is 9.97 Å². The summed E-state index contributed by atoms with van der Waals surface area (Å²) in [5.41, 5.74) is 2.01. The largest absolute Gasteiger partial charge is 0.388 e. The number of nitrogens with zero attached hydrogens (tertiary/aromatic N) is 2. The third kappa shape index (κ3) is 3.31. The van der Waals surface area contributed by atoms with E-state index in [0.29, 0.717) is 0 Å². The summed E-state index contributed by atoms with van der Waals surface area (Å²) in [6.45, 7) is 3.93. The summed E-state index contributed by atoms with van der Waals surface area (Å²) in [5.74, 6) is 0. The average molecular weight is 260 g/mol.